The van der Waals surface area contributed by atoms with E-state index in [9.17, 15) is 4.79 Å². The Kier molecular flexibility index (Phi) is 2.00. The largest absolute Gasteiger partial charge is 0.283 e. The van der Waals surface area contributed by atoms with Gasteiger partial charge in [-0.1, -0.05) is 11.3 Å². The van der Waals surface area contributed by atoms with Crippen LogP contribution in [0.5, 0.6) is 0 Å². The zero-order valence-electron chi connectivity index (χ0n) is 3.97. The monoisotopic (exact) mass is 182 g/mol. The molecule has 3 nitrogen and oxygen atoms in total. The van der Waals surface area contributed by atoms with Crippen LogP contribution in [0.15, 0.2) is 0 Å². The number of carbonyl (C=O) groups is 1. The summed E-state index contributed by atoms with van der Waals surface area (Å²) in [6.07, 6.45) is 0. The molecule has 1 heterocycles. The van der Waals surface area contributed by atoms with E-state index in [-0.39, 0.29) is 9.47 Å². The molecule has 0 radical (unpaired) electrons. The highest BCUT2D eigenvalue weighted by Gasteiger charge is 2.07. The molecule has 48 valence electrons. The molecular weight excluding hydrogens is 183 g/mol. The maximum Gasteiger partial charge on any atom is 0.283 e. The Morgan fingerprint density at radius 1 is 1.56 bits per heavy atom. The first-order chi connectivity index (χ1) is 4.20. The van der Waals surface area contributed by atoms with Crippen molar-refractivity contribution in [1.29, 1.82) is 0 Å². The van der Waals surface area contributed by atoms with Crippen LogP contribution in [-0.2, 0) is 0 Å². The van der Waals surface area contributed by atoms with Crippen molar-refractivity contribution in [2.24, 2.45) is 0 Å². The van der Waals surface area contributed by atoms with Crippen molar-refractivity contribution < 1.29 is 4.79 Å². The highest BCUT2D eigenvalue weighted by Crippen LogP contribution is 2.15. The minimum atomic E-state index is -0.626. The molecule has 0 aromatic carbocycles. The fourth-order valence-corrected chi connectivity index (χ4v) is 1.10. The van der Waals surface area contributed by atoms with E-state index in [0.29, 0.717) is 0 Å². The first kappa shape index (κ1) is 6.92. The van der Waals surface area contributed by atoms with Crippen LogP contribution in [0.4, 0.5) is 0 Å². The number of rotatable bonds is 1. The van der Waals surface area contributed by atoms with Crippen molar-refractivity contribution in [3.63, 3.8) is 0 Å². The van der Waals surface area contributed by atoms with Gasteiger partial charge in [-0.05, 0) is 23.2 Å². The molecule has 0 saturated carbocycles. The van der Waals surface area contributed by atoms with Gasteiger partial charge in [0.15, 0.2) is 0 Å². The van der Waals surface area contributed by atoms with E-state index in [4.69, 9.17) is 23.2 Å². The fraction of sp³-hybridized carbons (Fsp3) is 0. The lowest BCUT2D eigenvalue weighted by atomic mass is 10.8. The molecular formula is C3Cl2N2OS. The third kappa shape index (κ3) is 1.61. The molecule has 0 bridgehead atoms. The summed E-state index contributed by atoms with van der Waals surface area (Å²) in [7, 11) is 0. The Morgan fingerprint density at radius 2 is 2.22 bits per heavy atom. The zero-order valence-corrected chi connectivity index (χ0v) is 6.30. The van der Waals surface area contributed by atoms with E-state index in [1.165, 1.54) is 0 Å². The maximum atomic E-state index is 10.3. The van der Waals surface area contributed by atoms with Crippen LogP contribution in [-0.4, -0.2) is 15.4 Å². The Hall–Kier alpha value is -0.190. The lowest BCUT2D eigenvalue weighted by Crippen LogP contribution is -1.84. The Labute approximate surface area is 64.6 Å². The SMILES string of the molecule is O=C(Cl)c1nnc(Cl)s1. The second kappa shape index (κ2) is 2.60. The highest BCUT2D eigenvalue weighted by molar-refractivity contribution is 7.18. The minimum Gasteiger partial charge on any atom is -0.273 e. The van der Waals surface area contributed by atoms with Crippen LogP contribution in [0.3, 0.4) is 0 Å². The predicted octanol–water partition coefficient (Wildman–Crippen LogP) is 1.57. The van der Waals surface area contributed by atoms with E-state index in [1.54, 1.807) is 0 Å². The second-order valence-electron chi connectivity index (χ2n) is 1.13. The number of aromatic nitrogens is 2. The van der Waals surface area contributed by atoms with Crippen LogP contribution < -0.4 is 0 Å². The van der Waals surface area contributed by atoms with Gasteiger partial charge in [-0.25, -0.2) is 0 Å². The molecule has 0 aliphatic rings. The van der Waals surface area contributed by atoms with Crippen molar-refractivity contribution in [1.82, 2.24) is 10.2 Å². The van der Waals surface area contributed by atoms with Crippen molar-refractivity contribution in [3.05, 3.63) is 9.47 Å². The van der Waals surface area contributed by atoms with Gasteiger partial charge in [-0.15, -0.1) is 10.2 Å². The van der Waals surface area contributed by atoms with Gasteiger partial charge in [-0.2, -0.15) is 0 Å². The molecule has 6 heteroatoms. The van der Waals surface area contributed by atoms with E-state index in [0.717, 1.165) is 11.3 Å². The number of nitrogens with zero attached hydrogens (tertiary/aromatic N) is 2. The van der Waals surface area contributed by atoms with Gasteiger partial charge in [0.25, 0.3) is 5.24 Å². The van der Waals surface area contributed by atoms with Crippen molar-refractivity contribution in [2.75, 3.05) is 0 Å². The summed E-state index contributed by atoms with van der Waals surface area (Å²) in [5.41, 5.74) is 0. The predicted molar refractivity (Wildman–Crippen MR) is 35.1 cm³/mol. The standard InChI is InChI=1S/C3Cl2N2OS/c4-1(8)2-6-7-3(5)9-2. The molecule has 0 amide bonds. The summed E-state index contributed by atoms with van der Waals surface area (Å²) in [5, 5.41) is 6.24. The van der Waals surface area contributed by atoms with Gasteiger partial charge >= 0.3 is 0 Å². The summed E-state index contributed by atoms with van der Waals surface area (Å²) in [5.74, 6) is 0. The Bertz CT molecular complexity index is 235. The molecule has 0 spiro atoms. The summed E-state index contributed by atoms with van der Waals surface area (Å²) in [4.78, 5) is 10.3. The minimum absolute atomic E-state index is 0.127. The molecule has 1 rings (SSSR count). The molecule has 9 heavy (non-hydrogen) atoms. The molecule has 0 unspecified atom stereocenters. The topological polar surface area (TPSA) is 42.9 Å². The van der Waals surface area contributed by atoms with E-state index in [1.807, 2.05) is 0 Å². The van der Waals surface area contributed by atoms with Crippen molar-refractivity contribution in [2.45, 2.75) is 0 Å². The van der Waals surface area contributed by atoms with Crippen molar-refractivity contribution in [3.8, 4) is 0 Å². The van der Waals surface area contributed by atoms with Gasteiger partial charge in [0.2, 0.25) is 9.47 Å². The van der Waals surface area contributed by atoms with Crippen LogP contribution in [0.2, 0.25) is 4.47 Å². The third-order valence-electron chi connectivity index (χ3n) is 0.568. The number of hydrogen-bond donors (Lipinski definition) is 0. The average molecular weight is 183 g/mol. The van der Waals surface area contributed by atoms with Crippen LogP contribution in [0.25, 0.3) is 0 Å². The zero-order chi connectivity index (χ0) is 6.85. The smallest absolute Gasteiger partial charge is 0.273 e. The lowest BCUT2D eigenvalue weighted by Gasteiger charge is -1.73. The second-order valence-corrected chi connectivity index (χ2v) is 3.04. The first-order valence-corrected chi connectivity index (χ1v) is 3.46. The van der Waals surface area contributed by atoms with E-state index < -0.39 is 5.24 Å². The normalized spacial score (nSPS) is 9.56. The number of hydrogen-bond acceptors (Lipinski definition) is 4. The Morgan fingerprint density at radius 3 is 2.44 bits per heavy atom. The lowest BCUT2D eigenvalue weighted by molar-refractivity contribution is 0.108. The summed E-state index contributed by atoms with van der Waals surface area (Å²) < 4.78 is 0.221. The molecule has 1 aromatic heterocycles. The third-order valence-corrected chi connectivity index (χ3v) is 1.88. The summed E-state index contributed by atoms with van der Waals surface area (Å²) in [6, 6.07) is 0. The molecule has 1 aromatic rings. The molecule has 0 N–H and O–H groups in total. The quantitative estimate of drug-likeness (QED) is 0.620. The van der Waals surface area contributed by atoms with Gasteiger partial charge in [0, 0.05) is 0 Å². The van der Waals surface area contributed by atoms with Gasteiger partial charge < -0.3 is 0 Å². The van der Waals surface area contributed by atoms with Gasteiger partial charge in [0.1, 0.15) is 0 Å². The van der Waals surface area contributed by atoms with Crippen LogP contribution in [0, 0.1) is 0 Å². The van der Waals surface area contributed by atoms with Gasteiger partial charge in [0.05, 0.1) is 0 Å². The Balaban J connectivity index is 2.98. The van der Waals surface area contributed by atoms with E-state index >= 15 is 0 Å². The fourth-order valence-electron chi connectivity index (χ4n) is 0.285. The number of halogens is 2. The van der Waals surface area contributed by atoms with E-state index in [2.05, 4.69) is 10.2 Å². The van der Waals surface area contributed by atoms with Gasteiger partial charge in [-0.3, -0.25) is 4.79 Å². The van der Waals surface area contributed by atoms with Crippen LogP contribution in [0.1, 0.15) is 9.80 Å². The summed E-state index contributed by atoms with van der Waals surface area (Å²) in [6.45, 7) is 0. The maximum absolute atomic E-state index is 10.3. The molecule has 0 aliphatic heterocycles. The molecule has 0 aliphatic carbocycles. The van der Waals surface area contributed by atoms with Crippen LogP contribution >= 0.6 is 34.5 Å². The highest BCUT2D eigenvalue weighted by atomic mass is 35.5. The summed E-state index contributed by atoms with van der Waals surface area (Å²) >= 11 is 11.3. The number of carbonyl (C=O) groups excluding carboxylic acids is 1. The van der Waals surface area contributed by atoms with Crippen molar-refractivity contribution >= 4 is 39.8 Å². The average Bonchev–Trinajstić information content (AvgIpc) is 2.14. The first-order valence-electron chi connectivity index (χ1n) is 1.89. The molecule has 0 atom stereocenters. The molecule has 0 fully saturated rings. The molecule has 0 saturated heterocycles.